The number of rotatable bonds is 4. The van der Waals surface area contributed by atoms with Gasteiger partial charge in [0.2, 0.25) is 5.90 Å². The summed E-state index contributed by atoms with van der Waals surface area (Å²) in [5, 5.41) is 10.9. The van der Waals surface area contributed by atoms with Gasteiger partial charge in [0.1, 0.15) is 11.0 Å². The van der Waals surface area contributed by atoms with E-state index >= 15 is 0 Å². The fraction of sp³-hybridized carbons (Fsp3) is 0.364. The lowest BCUT2D eigenvalue weighted by Gasteiger charge is -2.07. The number of aliphatic imine (C=N–C) groups is 1. The molecule has 6 nitrogen and oxygen atoms in total. The summed E-state index contributed by atoms with van der Waals surface area (Å²) >= 11 is 0. The van der Waals surface area contributed by atoms with E-state index < -0.39 is 0 Å². The van der Waals surface area contributed by atoms with Gasteiger partial charge in [-0.05, 0) is 31.3 Å². The highest BCUT2D eigenvalue weighted by molar-refractivity contribution is 5.80. The minimum atomic E-state index is 0.558. The predicted molar refractivity (Wildman–Crippen MR) is 66.0 cm³/mol. The first-order chi connectivity index (χ1) is 8.35. The van der Waals surface area contributed by atoms with Gasteiger partial charge in [0.25, 0.3) is 0 Å². The molecule has 0 radical (unpaired) electrons. The van der Waals surface area contributed by atoms with Crippen LogP contribution in [0.1, 0.15) is 6.92 Å². The average Bonchev–Trinajstić information content (AvgIpc) is 2.74. The van der Waals surface area contributed by atoms with Crippen LogP contribution in [0.5, 0.6) is 0 Å². The largest absolute Gasteiger partial charge is 0.339 e. The van der Waals surface area contributed by atoms with Gasteiger partial charge >= 0.3 is 0 Å². The summed E-state index contributed by atoms with van der Waals surface area (Å²) in [5.74, 6) is 0.589. The third-order valence-electron chi connectivity index (χ3n) is 2.18. The zero-order chi connectivity index (χ0) is 12.1. The van der Waals surface area contributed by atoms with Crippen molar-refractivity contribution in [3.8, 4) is 0 Å². The molecule has 0 fully saturated rings. The van der Waals surface area contributed by atoms with Gasteiger partial charge in [-0.3, -0.25) is 4.99 Å². The number of nitrogens with zero attached hydrogens (tertiary/aromatic N) is 4. The Bertz CT molecular complexity index is 519. The first kappa shape index (κ1) is 11.5. The second-order valence-electron chi connectivity index (χ2n) is 3.44. The Morgan fingerprint density at radius 1 is 1.47 bits per heavy atom. The van der Waals surface area contributed by atoms with Crippen molar-refractivity contribution in [1.29, 1.82) is 0 Å². The molecule has 1 aromatic heterocycles. The molecule has 2 aromatic rings. The standard InChI is InChI=1S/C11H15N5O/c1-3-13-11(8-12-2)17-16-10-7-5-4-6-9(10)14-15-16/h4-7,12H,3,8H2,1-2H3/b13-11-. The third kappa shape index (κ3) is 2.59. The Labute approximate surface area is 99.2 Å². The second-order valence-corrected chi connectivity index (χ2v) is 3.44. The van der Waals surface area contributed by atoms with E-state index in [0.717, 1.165) is 11.0 Å². The molecule has 1 N–H and O–H groups in total. The van der Waals surface area contributed by atoms with Crippen molar-refractivity contribution in [1.82, 2.24) is 20.5 Å². The summed E-state index contributed by atoms with van der Waals surface area (Å²) in [6.45, 7) is 3.18. The monoisotopic (exact) mass is 233 g/mol. The van der Waals surface area contributed by atoms with Gasteiger partial charge in [-0.1, -0.05) is 17.0 Å². The quantitative estimate of drug-likeness (QED) is 0.617. The molecule has 0 aliphatic rings. The maximum atomic E-state index is 5.58. The van der Waals surface area contributed by atoms with Crippen molar-refractivity contribution in [2.24, 2.45) is 4.99 Å². The van der Waals surface area contributed by atoms with Gasteiger partial charge in [-0.15, -0.1) is 5.10 Å². The molecule has 6 heteroatoms. The summed E-state index contributed by atoms with van der Waals surface area (Å²) in [6, 6.07) is 7.62. The van der Waals surface area contributed by atoms with Gasteiger partial charge in [-0.25, -0.2) is 0 Å². The minimum absolute atomic E-state index is 0.558. The van der Waals surface area contributed by atoms with Crippen LogP contribution >= 0.6 is 0 Å². The maximum Gasteiger partial charge on any atom is 0.234 e. The first-order valence-electron chi connectivity index (χ1n) is 5.52. The lowest BCUT2D eigenvalue weighted by Crippen LogP contribution is -2.30. The Kier molecular flexibility index (Phi) is 3.66. The number of hydrogen-bond donors (Lipinski definition) is 1. The normalized spacial score (nSPS) is 12.0. The van der Waals surface area contributed by atoms with Gasteiger partial charge in [0.15, 0.2) is 0 Å². The zero-order valence-corrected chi connectivity index (χ0v) is 9.92. The molecule has 2 rings (SSSR count). The summed E-state index contributed by atoms with van der Waals surface area (Å²) in [7, 11) is 1.84. The van der Waals surface area contributed by atoms with Crippen LogP contribution in [-0.4, -0.2) is 41.2 Å². The molecular weight excluding hydrogens is 218 g/mol. The minimum Gasteiger partial charge on any atom is -0.339 e. The molecule has 0 aliphatic carbocycles. The van der Waals surface area contributed by atoms with Crippen molar-refractivity contribution < 1.29 is 4.84 Å². The Morgan fingerprint density at radius 2 is 2.29 bits per heavy atom. The van der Waals surface area contributed by atoms with Crippen LogP contribution in [0.25, 0.3) is 11.0 Å². The van der Waals surface area contributed by atoms with Crippen LogP contribution in [0.2, 0.25) is 0 Å². The number of fused-ring (bicyclic) bond motifs is 1. The number of aromatic nitrogens is 3. The molecule has 0 amide bonds. The van der Waals surface area contributed by atoms with E-state index in [1.165, 1.54) is 4.85 Å². The van der Waals surface area contributed by atoms with Crippen LogP contribution < -0.4 is 10.2 Å². The fourth-order valence-electron chi connectivity index (χ4n) is 1.46. The second kappa shape index (κ2) is 5.40. The highest BCUT2D eigenvalue weighted by atomic mass is 16.7. The molecule has 0 atom stereocenters. The van der Waals surface area contributed by atoms with Crippen molar-refractivity contribution in [2.45, 2.75) is 6.92 Å². The number of likely N-dealkylation sites (N-methyl/N-ethyl adjacent to an activating group) is 1. The van der Waals surface area contributed by atoms with Crippen LogP contribution in [0, 0.1) is 0 Å². The van der Waals surface area contributed by atoms with Gasteiger partial charge in [0, 0.05) is 6.54 Å². The van der Waals surface area contributed by atoms with Crippen molar-refractivity contribution >= 4 is 16.9 Å². The van der Waals surface area contributed by atoms with Crippen LogP contribution in [0.15, 0.2) is 29.3 Å². The maximum absolute atomic E-state index is 5.58. The summed E-state index contributed by atoms with van der Waals surface area (Å²) in [6.07, 6.45) is 0. The summed E-state index contributed by atoms with van der Waals surface area (Å²) in [5.41, 5.74) is 1.63. The topological polar surface area (TPSA) is 64.3 Å². The smallest absolute Gasteiger partial charge is 0.234 e. The number of hydrogen-bond acceptors (Lipinski definition) is 5. The van der Waals surface area contributed by atoms with Gasteiger partial charge in [0.05, 0.1) is 6.54 Å². The Morgan fingerprint density at radius 3 is 3.06 bits per heavy atom. The van der Waals surface area contributed by atoms with Crippen LogP contribution in [-0.2, 0) is 0 Å². The highest BCUT2D eigenvalue weighted by Gasteiger charge is 2.07. The Hall–Kier alpha value is -1.95. The molecule has 0 unspecified atom stereocenters. The number of nitrogens with one attached hydrogen (secondary N) is 1. The zero-order valence-electron chi connectivity index (χ0n) is 9.92. The molecule has 0 spiro atoms. The molecular formula is C11H15N5O. The third-order valence-corrected chi connectivity index (χ3v) is 2.18. The fourth-order valence-corrected chi connectivity index (χ4v) is 1.46. The van der Waals surface area contributed by atoms with E-state index in [0.29, 0.717) is 19.0 Å². The Balaban J connectivity index is 2.25. The van der Waals surface area contributed by atoms with Gasteiger partial charge in [-0.2, -0.15) is 0 Å². The molecule has 0 saturated carbocycles. The molecule has 17 heavy (non-hydrogen) atoms. The van der Waals surface area contributed by atoms with Crippen molar-refractivity contribution in [3.63, 3.8) is 0 Å². The lowest BCUT2D eigenvalue weighted by atomic mass is 10.3. The van der Waals surface area contributed by atoms with Crippen molar-refractivity contribution in [2.75, 3.05) is 20.1 Å². The molecule has 90 valence electrons. The van der Waals surface area contributed by atoms with E-state index in [2.05, 4.69) is 20.6 Å². The molecule has 1 aromatic carbocycles. The first-order valence-corrected chi connectivity index (χ1v) is 5.52. The molecule has 0 saturated heterocycles. The van der Waals surface area contributed by atoms with E-state index in [1.807, 2.05) is 38.2 Å². The predicted octanol–water partition coefficient (Wildman–Crippen LogP) is 0.498. The number of benzene rings is 1. The molecule has 0 bridgehead atoms. The molecule has 1 heterocycles. The van der Waals surface area contributed by atoms with E-state index in [1.54, 1.807) is 0 Å². The summed E-state index contributed by atoms with van der Waals surface area (Å²) < 4.78 is 0. The lowest BCUT2D eigenvalue weighted by molar-refractivity contribution is 0.220. The SMILES string of the molecule is CC/N=C(/CNC)On1nnc2ccccc21. The van der Waals surface area contributed by atoms with Crippen LogP contribution in [0.4, 0.5) is 0 Å². The van der Waals surface area contributed by atoms with Crippen LogP contribution in [0.3, 0.4) is 0 Å². The van der Waals surface area contributed by atoms with Crippen molar-refractivity contribution in [3.05, 3.63) is 24.3 Å². The molecule has 0 aliphatic heterocycles. The number of para-hydroxylation sites is 1. The van der Waals surface area contributed by atoms with E-state index in [9.17, 15) is 0 Å². The highest BCUT2D eigenvalue weighted by Crippen LogP contribution is 2.07. The van der Waals surface area contributed by atoms with Gasteiger partial charge < -0.3 is 10.2 Å². The van der Waals surface area contributed by atoms with E-state index in [4.69, 9.17) is 4.84 Å². The average molecular weight is 233 g/mol. The summed E-state index contributed by atoms with van der Waals surface area (Å²) in [4.78, 5) is 11.2. The van der Waals surface area contributed by atoms with E-state index in [-0.39, 0.29) is 0 Å².